The van der Waals surface area contributed by atoms with E-state index in [0.29, 0.717) is 12.1 Å². The number of anilines is 1. The molecular formula is C16H14N6O2S. The quantitative estimate of drug-likeness (QED) is 0.696. The highest BCUT2D eigenvalue weighted by atomic mass is 32.1. The van der Waals surface area contributed by atoms with Gasteiger partial charge in [-0.2, -0.15) is 13.8 Å². The first-order valence-electron chi connectivity index (χ1n) is 8.09. The van der Waals surface area contributed by atoms with Crippen molar-refractivity contribution in [2.75, 3.05) is 5.32 Å². The molecule has 2 aliphatic heterocycles. The number of hydrogen-bond donors (Lipinski definition) is 2. The molecule has 8 nitrogen and oxygen atoms in total. The van der Waals surface area contributed by atoms with E-state index >= 15 is 0 Å². The topological polar surface area (TPSA) is 104 Å². The number of aromatic nitrogens is 4. The number of nitrogens with one attached hydrogen (secondary N) is 2. The van der Waals surface area contributed by atoms with Crippen molar-refractivity contribution in [3.63, 3.8) is 0 Å². The van der Waals surface area contributed by atoms with Crippen molar-refractivity contribution >= 4 is 34.5 Å². The largest absolute Gasteiger partial charge is 0.322 e. The molecule has 2 aliphatic rings. The van der Waals surface area contributed by atoms with E-state index in [4.69, 9.17) is 0 Å². The number of benzene rings is 1. The molecule has 0 spiro atoms. The molecule has 1 saturated heterocycles. The van der Waals surface area contributed by atoms with E-state index in [-0.39, 0.29) is 23.7 Å². The maximum absolute atomic E-state index is 12.9. The van der Waals surface area contributed by atoms with Gasteiger partial charge in [0, 0.05) is 17.8 Å². The molecule has 25 heavy (non-hydrogen) atoms. The summed E-state index contributed by atoms with van der Waals surface area (Å²) < 4.78 is 8.37. The lowest BCUT2D eigenvalue weighted by Crippen LogP contribution is -2.45. The van der Waals surface area contributed by atoms with Gasteiger partial charge in [0.25, 0.3) is 5.56 Å². The van der Waals surface area contributed by atoms with Gasteiger partial charge in [-0.05, 0) is 43.0 Å². The zero-order valence-corrected chi connectivity index (χ0v) is 13.9. The number of nitrogens with zero attached hydrogens (tertiary/aromatic N) is 4. The number of amides is 2. The van der Waals surface area contributed by atoms with Crippen LogP contribution in [0.15, 0.2) is 29.1 Å². The van der Waals surface area contributed by atoms with E-state index in [9.17, 15) is 9.59 Å². The maximum Gasteiger partial charge on any atom is 0.322 e. The van der Waals surface area contributed by atoms with Crippen LogP contribution in [0, 0.1) is 0 Å². The third kappa shape index (κ3) is 2.30. The molecule has 0 aliphatic carbocycles. The van der Waals surface area contributed by atoms with Crippen LogP contribution in [0.2, 0.25) is 0 Å². The Kier molecular flexibility index (Phi) is 3.11. The summed E-state index contributed by atoms with van der Waals surface area (Å²) in [6.07, 6.45) is 2.45. The summed E-state index contributed by atoms with van der Waals surface area (Å²) in [6, 6.07) is 6.98. The number of rotatable bonds is 1. The third-order valence-corrected chi connectivity index (χ3v) is 5.49. The summed E-state index contributed by atoms with van der Waals surface area (Å²) in [4.78, 5) is 26.2. The third-order valence-electron chi connectivity index (χ3n) is 4.93. The van der Waals surface area contributed by atoms with Crippen LogP contribution >= 0.6 is 11.7 Å². The Morgan fingerprint density at radius 2 is 2.12 bits per heavy atom. The number of carbonyl (C=O) groups is 1. The summed E-state index contributed by atoms with van der Waals surface area (Å²) in [5, 5.41) is 9.65. The SMILES string of the molecule is O=C(Nc1ccc2nsnc2c1)N1C2CCC1c1n[nH]c(=O)cc1C2. The summed E-state index contributed by atoms with van der Waals surface area (Å²) in [5.74, 6) is 0. The Labute approximate surface area is 146 Å². The average molecular weight is 354 g/mol. The van der Waals surface area contributed by atoms with Gasteiger partial charge in [0.05, 0.1) is 23.5 Å². The fourth-order valence-electron chi connectivity index (χ4n) is 3.86. The standard InChI is InChI=1S/C16H14N6O2S/c23-14-6-8-5-10-2-4-13(15(8)19-18-14)22(10)16(24)17-9-1-3-11-12(7-9)21-25-20-11/h1,3,6-7,10,13H,2,4-5H2,(H,17,24)(H,18,23). The molecule has 126 valence electrons. The molecule has 2 unspecified atom stereocenters. The van der Waals surface area contributed by atoms with Crippen molar-refractivity contribution in [2.45, 2.75) is 31.3 Å². The Morgan fingerprint density at radius 3 is 3.04 bits per heavy atom. The van der Waals surface area contributed by atoms with Gasteiger partial charge in [0.15, 0.2) is 0 Å². The molecular weight excluding hydrogens is 340 g/mol. The second-order valence-electron chi connectivity index (χ2n) is 6.40. The summed E-state index contributed by atoms with van der Waals surface area (Å²) in [5.41, 5.74) is 3.86. The van der Waals surface area contributed by atoms with Crippen LogP contribution in [0.5, 0.6) is 0 Å². The fraction of sp³-hybridized carbons (Fsp3) is 0.312. The monoisotopic (exact) mass is 354 g/mol. The van der Waals surface area contributed by atoms with Gasteiger partial charge in [0.1, 0.15) is 11.0 Å². The molecule has 2 N–H and O–H groups in total. The summed E-state index contributed by atoms with van der Waals surface area (Å²) in [6.45, 7) is 0. The molecule has 1 fully saturated rings. The van der Waals surface area contributed by atoms with Gasteiger partial charge in [0.2, 0.25) is 0 Å². The van der Waals surface area contributed by atoms with E-state index in [2.05, 4.69) is 24.3 Å². The second kappa shape index (κ2) is 5.35. The molecule has 0 radical (unpaired) electrons. The van der Waals surface area contributed by atoms with E-state index in [1.165, 1.54) is 0 Å². The average Bonchev–Trinajstić information content (AvgIpc) is 3.18. The molecule has 5 rings (SSSR count). The Hall–Kier alpha value is -2.81. The van der Waals surface area contributed by atoms with Crippen molar-refractivity contribution in [1.29, 1.82) is 0 Å². The first kappa shape index (κ1) is 14.5. The van der Waals surface area contributed by atoms with Crippen molar-refractivity contribution in [3.05, 3.63) is 45.9 Å². The summed E-state index contributed by atoms with van der Waals surface area (Å²) >= 11 is 1.15. The maximum atomic E-state index is 12.9. The highest BCUT2D eigenvalue weighted by molar-refractivity contribution is 7.00. The van der Waals surface area contributed by atoms with Crippen LogP contribution in [0.1, 0.15) is 30.1 Å². The van der Waals surface area contributed by atoms with Gasteiger partial charge in [-0.1, -0.05) is 0 Å². The molecule has 2 aromatic heterocycles. The van der Waals surface area contributed by atoms with Crippen LogP contribution in [0.4, 0.5) is 10.5 Å². The van der Waals surface area contributed by atoms with Gasteiger partial charge >= 0.3 is 6.03 Å². The number of hydrogen-bond acceptors (Lipinski definition) is 6. The van der Waals surface area contributed by atoms with Crippen LogP contribution in [-0.2, 0) is 6.42 Å². The van der Waals surface area contributed by atoms with E-state index in [0.717, 1.165) is 46.9 Å². The van der Waals surface area contributed by atoms with Crippen LogP contribution < -0.4 is 10.9 Å². The molecule has 9 heteroatoms. The van der Waals surface area contributed by atoms with Gasteiger partial charge < -0.3 is 10.2 Å². The summed E-state index contributed by atoms with van der Waals surface area (Å²) in [7, 11) is 0. The first-order valence-corrected chi connectivity index (χ1v) is 8.82. The predicted molar refractivity (Wildman–Crippen MR) is 92.6 cm³/mol. The highest BCUT2D eigenvalue weighted by Gasteiger charge is 2.43. The number of aromatic amines is 1. The van der Waals surface area contributed by atoms with Gasteiger partial charge in [-0.3, -0.25) is 4.79 Å². The van der Waals surface area contributed by atoms with Gasteiger partial charge in [-0.25, -0.2) is 9.89 Å². The van der Waals surface area contributed by atoms with Crippen molar-refractivity contribution < 1.29 is 4.79 Å². The number of carbonyl (C=O) groups excluding carboxylic acids is 1. The molecule has 2 bridgehead atoms. The zero-order valence-electron chi connectivity index (χ0n) is 13.1. The Balaban J connectivity index is 1.44. The molecule has 3 aromatic rings. The predicted octanol–water partition coefficient (Wildman–Crippen LogP) is 2.07. The van der Waals surface area contributed by atoms with Gasteiger partial charge in [-0.15, -0.1) is 0 Å². The minimum Gasteiger partial charge on any atom is -0.313 e. The lowest BCUT2D eigenvalue weighted by molar-refractivity contribution is 0.177. The second-order valence-corrected chi connectivity index (χ2v) is 6.93. The molecule has 2 atom stereocenters. The molecule has 2 amide bonds. The highest BCUT2D eigenvalue weighted by Crippen LogP contribution is 2.42. The fourth-order valence-corrected chi connectivity index (χ4v) is 4.38. The molecule has 4 heterocycles. The van der Waals surface area contributed by atoms with Crippen molar-refractivity contribution in [2.24, 2.45) is 0 Å². The molecule has 0 saturated carbocycles. The Morgan fingerprint density at radius 1 is 1.24 bits per heavy atom. The van der Waals surface area contributed by atoms with Crippen LogP contribution in [0.3, 0.4) is 0 Å². The van der Waals surface area contributed by atoms with Crippen LogP contribution in [0.25, 0.3) is 11.0 Å². The zero-order chi connectivity index (χ0) is 17.0. The van der Waals surface area contributed by atoms with E-state index < -0.39 is 0 Å². The number of H-pyrrole nitrogens is 1. The van der Waals surface area contributed by atoms with Crippen molar-refractivity contribution in [3.8, 4) is 0 Å². The lowest BCUT2D eigenvalue weighted by atomic mass is 9.99. The smallest absolute Gasteiger partial charge is 0.313 e. The minimum absolute atomic E-state index is 0.0877. The van der Waals surface area contributed by atoms with Crippen LogP contribution in [-0.4, -0.2) is 35.9 Å². The minimum atomic E-state index is -0.193. The van der Waals surface area contributed by atoms with Crippen molar-refractivity contribution in [1.82, 2.24) is 23.8 Å². The first-order chi connectivity index (χ1) is 12.2. The number of fused-ring (bicyclic) bond motifs is 5. The van der Waals surface area contributed by atoms with E-state index in [1.807, 2.05) is 23.1 Å². The van der Waals surface area contributed by atoms with E-state index in [1.54, 1.807) is 6.07 Å². The Bertz CT molecular complexity index is 1040. The lowest BCUT2D eigenvalue weighted by Gasteiger charge is -2.35. The number of urea groups is 1. The normalized spacial score (nSPS) is 21.4. The molecule has 1 aromatic carbocycles.